The fourth-order valence-corrected chi connectivity index (χ4v) is 2.03. The fourth-order valence-electron chi connectivity index (χ4n) is 2.03. The van der Waals surface area contributed by atoms with Gasteiger partial charge in [0, 0.05) is 13.1 Å². The van der Waals surface area contributed by atoms with Gasteiger partial charge in [-0.25, -0.2) is 0 Å². The molecule has 2 N–H and O–H groups in total. The summed E-state index contributed by atoms with van der Waals surface area (Å²) in [6.07, 6.45) is 7.74. The third kappa shape index (κ3) is 0.907. The first-order valence-electron chi connectivity index (χ1n) is 4.76. The second-order valence-corrected chi connectivity index (χ2v) is 3.57. The molecule has 1 unspecified atom stereocenters. The highest BCUT2D eigenvalue weighted by molar-refractivity contribution is 5.90. The maximum absolute atomic E-state index is 11.9. The lowest BCUT2D eigenvalue weighted by atomic mass is 10.00. The van der Waals surface area contributed by atoms with Crippen LogP contribution in [0.1, 0.15) is 0 Å². The van der Waals surface area contributed by atoms with E-state index in [-0.39, 0.29) is 11.9 Å². The molecule has 3 rings (SSSR count). The number of fused-ring (bicyclic) bond motifs is 2. The molecule has 1 fully saturated rings. The Hall–Kier alpha value is -1.71. The van der Waals surface area contributed by atoms with Gasteiger partial charge >= 0.3 is 0 Å². The van der Waals surface area contributed by atoms with E-state index in [1.54, 1.807) is 4.90 Å². The molecule has 1 saturated heterocycles. The van der Waals surface area contributed by atoms with Crippen molar-refractivity contribution in [3.05, 3.63) is 35.8 Å². The van der Waals surface area contributed by atoms with Gasteiger partial charge < -0.3 is 10.6 Å². The average Bonchev–Trinajstić information content (AvgIpc) is 2.66. The Labute approximate surface area is 82.0 Å². The number of dihydropyridines is 1. The summed E-state index contributed by atoms with van der Waals surface area (Å²) in [6, 6.07) is -0.177. The van der Waals surface area contributed by atoms with Crippen LogP contribution in [0.15, 0.2) is 35.8 Å². The lowest BCUT2D eigenvalue weighted by Crippen LogP contribution is -2.48. The van der Waals surface area contributed by atoms with Crippen molar-refractivity contribution in [1.82, 2.24) is 15.5 Å². The van der Waals surface area contributed by atoms with Crippen molar-refractivity contribution in [3.63, 3.8) is 0 Å². The van der Waals surface area contributed by atoms with E-state index in [1.165, 1.54) is 0 Å². The maximum atomic E-state index is 11.9. The Bertz CT molecular complexity index is 381. The monoisotopic (exact) mass is 189 g/mol. The number of amides is 1. The molecule has 3 heterocycles. The van der Waals surface area contributed by atoms with Crippen molar-refractivity contribution < 1.29 is 4.79 Å². The number of allylic oxidation sites excluding steroid dienone is 2. The molecule has 14 heavy (non-hydrogen) atoms. The molecule has 4 nitrogen and oxygen atoms in total. The zero-order chi connectivity index (χ0) is 9.54. The van der Waals surface area contributed by atoms with Crippen molar-refractivity contribution in [1.29, 1.82) is 0 Å². The maximum Gasteiger partial charge on any atom is 0.255 e. The standard InChI is InChI=1S/C10H11N3O/c14-10-9-7(2-1-3-12-9)6-8-11-4-5-13(8)10/h1-3,6,9,11-12H,4-5H2. The van der Waals surface area contributed by atoms with Crippen LogP contribution in [-0.2, 0) is 4.79 Å². The summed E-state index contributed by atoms with van der Waals surface area (Å²) in [6.45, 7) is 1.63. The number of nitrogens with zero attached hydrogens (tertiary/aromatic N) is 1. The second-order valence-electron chi connectivity index (χ2n) is 3.57. The van der Waals surface area contributed by atoms with Crippen LogP contribution in [0.4, 0.5) is 0 Å². The highest BCUT2D eigenvalue weighted by Crippen LogP contribution is 2.23. The molecule has 0 aromatic carbocycles. The molecule has 0 aromatic rings. The van der Waals surface area contributed by atoms with Crippen LogP contribution in [0, 0.1) is 0 Å². The van der Waals surface area contributed by atoms with Crippen LogP contribution in [-0.4, -0.2) is 29.9 Å². The van der Waals surface area contributed by atoms with Crippen molar-refractivity contribution in [2.24, 2.45) is 0 Å². The Kier molecular flexibility index (Phi) is 1.45. The molecule has 3 aliphatic heterocycles. The third-order valence-corrected chi connectivity index (χ3v) is 2.73. The minimum Gasteiger partial charge on any atom is -0.376 e. The van der Waals surface area contributed by atoms with E-state index in [0.717, 1.165) is 24.5 Å². The molecule has 72 valence electrons. The summed E-state index contributed by atoms with van der Waals surface area (Å²) in [5.74, 6) is 1.08. The van der Waals surface area contributed by atoms with Gasteiger partial charge in [-0.3, -0.25) is 9.69 Å². The van der Waals surface area contributed by atoms with Crippen molar-refractivity contribution in [2.75, 3.05) is 13.1 Å². The van der Waals surface area contributed by atoms with Crippen LogP contribution in [0.3, 0.4) is 0 Å². The molecular weight excluding hydrogens is 178 g/mol. The number of rotatable bonds is 0. The first kappa shape index (κ1) is 7.67. The predicted molar refractivity (Wildman–Crippen MR) is 51.9 cm³/mol. The predicted octanol–water partition coefficient (Wildman–Crippen LogP) is -0.315. The molecule has 4 heteroatoms. The summed E-state index contributed by atoms with van der Waals surface area (Å²) in [4.78, 5) is 13.7. The summed E-state index contributed by atoms with van der Waals surface area (Å²) >= 11 is 0. The van der Waals surface area contributed by atoms with Crippen LogP contribution in [0.5, 0.6) is 0 Å². The second kappa shape index (κ2) is 2.64. The minimum absolute atomic E-state index is 0.142. The van der Waals surface area contributed by atoms with Crippen LogP contribution >= 0.6 is 0 Å². The number of nitrogens with one attached hydrogen (secondary N) is 2. The van der Waals surface area contributed by atoms with E-state index in [0.29, 0.717) is 0 Å². The van der Waals surface area contributed by atoms with Crippen LogP contribution in [0.2, 0.25) is 0 Å². The average molecular weight is 189 g/mol. The molecule has 0 saturated carbocycles. The van der Waals surface area contributed by atoms with Gasteiger partial charge in [0.1, 0.15) is 11.9 Å². The molecule has 0 bridgehead atoms. The zero-order valence-electron chi connectivity index (χ0n) is 7.66. The van der Waals surface area contributed by atoms with E-state index >= 15 is 0 Å². The highest BCUT2D eigenvalue weighted by Gasteiger charge is 2.35. The minimum atomic E-state index is -0.177. The molecular formula is C10H11N3O. The quantitative estimate of drug-likeness (QED) is 0.549. The summed E-state index contributed by atoms with van der Waals surface area (Å²) < 4.78 is 0. The molecule has 0 aliphatic carbocycles. The van der Waals surface area contributed by atoms with Gasteiger partial charge in [-0.05, 0) is 23.9 Å². The molecule has 0 spiro atoms. The van der Waals surface area contributed by atoms with Gasteiger partial charge in [-0.1, -0.05) is 6.08 Å². The number of carbonyl (C=O) groups excluding carboxylic acids is 1. The lowest BCUT2D eigenvalue weighted by molar-refractivity contribution is -0.130. The van der Waals surface area contributed by atoms with Gasteiger partial charge in [0.2, 0.25) is 0 Å². The smallest absolute Gasteiger partial charge is 0.255 e. The van der Waals surface area contributed by atoms with E-state index in [4.69, 9.17) is 0 Å². The molecule has 1 amide bonds. The largest absolute Gasteiger partial charge is 0.376 e. The Morgan fingerprint density at radius 2 is 2.43 bits per heavy atom. The van der Waals surface area contributed by atoms with Crippen molar-refractivity contribution in [2.45, 2.75) is 6.04 Å². The summed E-state index contributed by atoms with van der Waals surface area (Å²) in [5.41, 5.74) is 1.04. The molecule has 0 aromatic heterocycles. The highest BCUT2D eigenvalue weighted by atomic mass is 16.2. The Balaban J connectivity index is 2.06. The molecule has 0 radical (unpaired) electrons. The van der Waals surface area contributed by atoms with E-state index in [9.17, 15) is 4.79 Å². The van der Waals surface area contributed by atoms with E-state index in [2.05, 4.69) is 10.6 Å². The first-order chi connectivity index (χ1) is 6.86. The normalized spacial score (nSPS) is 28.4. The zero-order valence-corrected chi connectivity index (χ0v) is 7.66. The van der Waals surface area contributed by atoms with Gasteiger partial charge in [-0.15, -0.1) is 0 Å². The van der Waals surface area contributed by atoms with Gasteiger partial charge in [-0.2, -0.15) is 0 Å². The summed E-state index contributed by atoms with van der Waals surface area (Å²) in [7, 11) is 0. The SMILES string of the molecule is O=C1C2NC=CC=C2C=C2NCCN12. The number of hydrogen-bond acceptors (Lipinski definition) is 3. The first-order valence-corrected chi connectivity index (χ1v) is 4.76. The van der Waals surface area contributed by atoms with Crippen molar-refractivity contribution in [3.8, 4) is 0 Å². The fraction of sp³-hybridized carbons (Fsp3) is 0.300. The van der Waals surface area contributed by atoms with Crippen LogP contribution < -0.4 is 10.6 Å². The van der Waals surface area contributed by atoms with Crippen molar-refractivity contribution >= 4 is 5.91 Å². The van der Waals surface area contributed by atoms with Gasteiger partial charge in [0.15, 0.2) is 0 Å². The Morgan fingerprint density at radius 1 is 1.50 bits per heavy atom. The summed E-state index contributed by atoms with van der Waals surface area (Å²) in [5, 5.41) is 6.27. The number of hydrogen-bond donors (Lipinski definition) is 2. The lowest BCUT2D eigenvalue weighted by Gasteiger charge is -2.30. The van der Waals surface area contributed by atoms with E-state index < -0.39 is 0 Å². The third-order valence-electron chi connectivity index (χ3n) is 2.73. The van der Waals surface area contributed by atoms with E-state index in [1.807, 2.05) is 24.4 Å². The van der Waals surface area contributed by atoms with Gasteiger partial charge in [0.05, 0.1) is 0 Å². The molecule has 3 aliphatic rings. The molecule has 1 atom stereocenters. The topological polar surface area (TPSA) is 44.4 Å². The van der Waals surface area contributed by atoms with Crippen LogP contribution in [0.25, 0.3) is 0 Å². The Morgan fingerprint density at radius 3 is 3.36 bits per heavy atom. The number of carbonyl (C=O) groups is 1. The van der Waals surface area contributed by atoms with Gasteiger partial charge in [0.25, 0.3) is 5.91 Å².